The number of furan rings is 1. The van der Waals surface area contributed by atoms with Crippen LogP contribution >= 0.6 is 0 Å². The second-order valence-electron chi connectivity index (χ2n) is 5.30. The van der Waals surface area contributed by atoms with Gasteiger partial charge in [0.1, 0.15) is 17.3 Å². The molecule has 24 heavy (non-hydrogen) atoms. The summed E-state index contributed by atoms with van der Waals surface area (Å²) in [6.07, 6.45) is 0.372. The summed E-state index contributed by atoms with van der Waals surface area (Å²) in [5.41, 5.74) is 0.120. The maximum absolute atomic E-state index is 12.9. The molecular weight excluding hydrogens is 315 g/mol. The first kappa shape index (κ1) is 15.7. The molecule has 1 aromatic carbocycles. The van der Waals surface area contributed by atoms with Crippen LogP contribution in [0.4, 0.5) is 4.39 Å². The highest BCUT2D eigenvalue weighted by atomic mass is 19.1. The molecule has 0 amide bonds. The van der Waals surface area contributed by atoms with E-state index in [0.29, 0.717) is 12.2 Å². The van der Waals surface area contributed by atoms with Gasteiger partial charge in [-0.15, -0.1) is 0 Å². The van der Waals surface area contributed by atoms with Gasteiger partial charge in [-0.05, 0) is 36.8 Å². The van der Waals surface area contributed by atoms with Crippen molar-refractivity contribution >= 4 is 5.78 Å². The molecule has 5 nitrogen and oxygen atoms in total. The summed E-state index contributed by atoms with van der Waals surface area (Å²) < 4.78 is 23.5. The Balaban J connectivity index is 1.86. The van der Waals surface area contributed by atoms with Gasteiger partial charge in [-0.25, -0.2) is 4.39 Å². The third-order valence-corrected chi connectivity index (χ3v) is 3.43. The van der Waals surface area contributed by atoms with Crippen LogP contribution in [0.15, 0.2) is 56.1 Å². The van der Waals surface area contributed by atoms with Crippen LogP contribution in [0.25, 0.3) is 0 Å². The fourth-order valence-electron chi connectivity index (χ4n) is 2.27. The minimum atomic E-state index is -0.748. The lowest BCUT2D eigenvalue weighted by molar-refractivity contribution is 0.0972. The van der Waals surface area contributed by atoms with Gasteiger partial charge in [0.15, 0.2) is 5.76 Å². The molecule has 3 aromatic rings. The Morgan fingerprint density at radius 2 is 1.83 bits per heavy atom. The molecule has 0 unspecified atom stereocenters. The van der Waals surface area contributed by atoms with Gasteiger partial charge in [0.05, 0.1) is 0 Å². The largest absolute Gasteiger partial charge is 0.501 e. The monoisotopic (exact) mass is 328 g/mol. The molecule has 0 aliphatic heterocycles. The number of aryl methyl sites for hydroxylation is 1. The Bertz CT molecular complexity index is 950. The zero-order chi connectivity index (χ0) is 17.3. The number of carbonyl (C=O) groups excluding carboxylic acids is 1. The van der Waals surface area contributed by atoms with Gasteiger partial charge < -0.3 is 13.9 Å². The fourth-order valence-corrected chi connectivity index (χ4v) is 2.27. The molecule has 0 aliphatic rings. The second-order valence-corrected chi connectivity index (χ2v) is 5.30. The molecule has 0 aliphatic carbocycles. The minimum absolute atomic E-state index is 0.0591. The quantitative estimate of drug-likeness (QED) is 0.744. The van der Waals surface area contributed by atoms with Gasteiger partial charge in [0.25, 0.3) is 5.78 Å². The van der Waals surface area contributed by atoms with Crippen molar-refractivity contribution in [3.8, 4) is 5.75 Å². The lowest BCUT2D eigenvalue weighted by Gasteiger charge is -2.02. The lowest BCUT2D eigenvalue weighted by atomic mass is 10.1. The molecule has 2 heterocycles. The fraction of sp³-hybridized carbons (Fsp3) is 0.111. The van der Waals surface area contributed by atoms with Crippen molar-refractivity contribution in [3.05, 3.63) is 87.1 Å². The average molecular weight is 328 g/mol. The van der Waals surface area contributed by atoms with E-state index in [1.165, 1.54) is 25.1 Å². The van der Waals surface area contributed by atoms with Gasteiger partial charge in [0, 0.05) is 12.5 Å². The van der Waals surface area contributed by atoms with E-state index in [4.69, 9.17) is 8.83 Å². The Hall–Kier alpha value is -3.15. The van der Waals surface area contributed by atoms with Crippen molar-refractivity contribution in [2.45, 2.75) is 13.3 Å². The van der Waals surface area contributed by atoms with E-state index in [2.05, 4.69) is 0 Å². The number of hydrogen-bond donors (Lipinski definition) is 1. The van der Waals surface area contributed by atoms with E-state index < -0.39 is 22.7 Å². The van der Waals surface area contributed by atoms with Crippen LogP contribution in [0, 0.1) is 12.7 Å². The second kappa shape index (κ2) is 6.16. The van der Waals surface area contributed by atoms with Gasteiger partial charge in [-0.2, -0.15) is 0 Å². The summed E-state index contributed by atoms with van der Waals surface area (Å²) in [5, 5.41) is 9.72. The predicted molar refractivity (Wildman–Crippen MR) is 82.7 cm³/mol. The van der Waals surface area contributed by atoms with Crippen molar-refractivity contribution in [1.82, 2.24) is 0 Å². The average Bonchev–Trinajstić information content (AvgIpc) is 3.01. The first-order chi connectivity index (χ1) is 11.4. The summed E-state index contributed by atoms with van der Waals surface area (Å²) in [7, 11) is 0. The van der Waals surface area contributed by atoms with E-state index in [1.54, 1.807) is 18.2 Å². The highest BCUT2D eigenvalue weighted by molar-refractivity contribution is 6.06. The maximum atomic E-state index is 12.9. The van der Waals surface area contributed by atoms with Gasteiger partial charge >= 0.3 is 0 Å². The SMILES string of the molecule is Cc1cc(=O)c(O)c(C(=O)c2ccc(Cc3ccc(F)cc3)o2)o1. The molecule has 0 spiro atoms. The molecule has 0 saturated heterocycles. The molecule has 0 atom stereocenters. The van der Waals surface area contributed by atoms with Crippen molar-refractivity contribution in [2.24, 2.45) is 0 Å². The standard InChI is InChI=1S/C18H13FO5/c1-10-8-14(20)16(21)18(23-10)17(22)15-7-6-13(24-15)9-11-2-4-12(19)5-3-11/h2-8,21H,9H2,1H3. The number of aromatic hydroxyl groups is 1. The highest BCUT2D eigenvalue weighted by Crippen LogP contribution is 2.21. The van der Waals surface area contributed by atoms with E-state index in [-0.39, 0.29) is 17.3 Å². The molecule has 122 valence electrons. The van der Waals surface area contributed by atoms with Crippen molar-refractivity contribution in [2.75, 3.05) is 0 Å². The number of hydrogen-bond acceptors (Lipinski definition) is 5. The summed E-state index contributed by atoms with van der Waals surface area (Å²) in [4.78, 5) is 23.9. The summed E-state index contributed by atoms with van der Waals surface area (Å²) in [6, 6.07) is 10.0. The first-order valence-electron chi connectivity index (χ1n) is 7.15. The molecular formula is C18H13FO5. The van der Waals surface area contributed by atoms with Crippen molar-refractivity contribution in [3.63, 3.8) is 0 Å². The molecule has 1 N–H and O–H groups in total. The first-order valence-corrected chi connectivity index (χ1v) is 7.15. The van der Waals surface area contributed by atoms with Crippen LogP contribution in [0.5, 0.6) is 5.75 Å². The third kappa shape index (κ3) is 3.12. The lowest BCUT2D eigenvalue weighted by Crippen LogP contribution is -2.08. The number of rotatable bonds is 4. The van der Waals surface area contributed by atoms with Crippen LogP contribution in [-0.2, 0) is 6.42 Å². The Morgan fingerprint density at radius 3 is 2.54 bits per heavy atom. The molecule has 0 bridgehead atoms. The van der Waals surface area contributed by atoms with Crippen molar-refractivity contribution < 1.29 is 23.1 Å². The third-order valence-electron chi connectivity index (χ3n) is 3.43. The maximum Gasteiger partial charge on any atom is 0.267 e. The van der Waals surface area contributed by atoms with Gasteiger partial charge in [-0.1, -0.05) is 12.1 Å². The summed E-state index contributed by atoms with van der Waals surface area (Å²) >= 11 is 0. The summed E-state index contributed by atoms with van der Waals surface area (Å²) in [5.74, 6) is -1.63. The van der Waals surface area contributed by atoms with Gasteiger partial charge in [-0.3, -0.25) is 9.59 Å². The number of ketones is 1. The zero-order valence-corrected chi connectivity index (χ0v) is 12.7. The summed E-state index contributed by atoms with van der Waals surface area (Å²) in [6.45, 7) is 1.50. The number of halogens is 1. The van der Waals surface area contributed by atoms with E-state index in [0.717, 1.165) is 11.6 Å². The number of carbonyl (C=O) groups is 1. The molecule has 2 aromatic heterocycles. The molecule has 0 saturated carbocycles. The normalized spacial score (nSPS) is 10.8. The van der Waals surface area contributed by atoms with Gasteiger partial charge in [0.2, 0.25) is 16.9 Å². The van der Waals surface area contributed by atoms with Crippen LogP contribution in [0.1, 0.15) is 33.4 Å². The Kier molecular flexibility index (Phi) is 4.04. The molecule has 0 radical (unpaired) electrons. The Labute approximate surface area is 136 Å². The van der Waals surface area contributed by atoms with Crippen molar-refractivity contribution in [1.29, 1.82) is 0 Å². The molecule has 0 fully saturated rings. The predicted octanol–water partition coefficient (Wildman–Crippen LogP) is 3.21. The zero-order valence-electron chi connectivity index (χ0n) is 12.7. The molecule has 6 heteroatoms. The smallest absolute Gasteiger partial charge is 0.267 e. The van der Waals surface area contributed by atoms with E-state index in [1.807, 2.05) is 0 Å². The Morgan fingerprint density at radius 1 is 1.12 bits per heavy atom. The molecule has 3 rings (SSSR count). The minimum Gasteiger partial charge on any atom is -0.501 e. The topological polar surface area (TPSA) is 80.6 Å². The van der Waals surface area contributed by atoms with Crippen LogP contribution in [-0.4, -0.2) is 10.9 Å². The van der Waals surface area contributed by atoms with E-state index >= 15 is 0 Å². The number of benzene rings is 1. The highest BCUT2D eigenvalue weighted by Gasteiger charge is 2.22. The van der Waals surface area contributed by atoms with Crippen LogP contribution in [0.2, 0.25) is 0 Å². The van der Waals surface area contributed by atoms with Crippen LogP contribution in [0.3, 0.4) is 0 Å². The van der Waals surface area contributed by atoms with Crippen LogP contribution < -0.4 is 5.43 Å². The van der Waals surface area contributed by atoms with E-state index in [9.17, 15) is 19.1 Å².